The molecule has 1 N–H and O–H groups in total. The molecular weight excluding hydrogens is 381 g/mol. The smallest absolute Gasteiger partial charge is 0.246 e. The van der Waals surface area contributed by atoms with Crippen molar-refractivity contribution < 1.29 is 17.6 Å². The van der Waals surface area contributed by atoms with Gasteiger partial charge >= 0.3 is 0 Å². The molecule has 1 saturated carbocycles. The number of amides is 1. The van der Waals surface area contributed by atoms with E-state index >= 15 is 0 Å². The number of hydrogen-bond donors (Lipinski definition) is 1. The third-order valence-corrected chi connectivity index (χ3v) is 7.88. The third-order valence-electron chi connectivity index (χ3n) is 5.94. The summed E-state index contributed by atoms with van der Waals surface area (Å²) in [6.07, 6.45) is 6.15. The highest BCUT2D eigenvalue weighted by Crippen LogP contribution is 2.23. The van der Waals surface area contributed by atoms with Gasteiger partial charge in [0.1, 0.15) is 10.7 Å². The molecule has 8 heteroatoms. The quantitative estimate of drug-likeness (QED) is 0.779. The van der Waals surface area contributed by atoms with Crippen molar-refractivity contribution in [2.75, 3.05) is 32.7 Å². The van der Waals surface area contributed by atoms with Crippen LogP contribution in [0.25, 0.3) is 0 Å². The van der Waals surface area contributed by atoms with Gasteiger partial charge in [-0.3, -0.25) is 9.69 Å². The number of sulfonamides is 1. The Bertz CT molecular complexity index is 773. The molecule has 0 spiro atoms. The van der Waals surface area contributed by atoms with Crippen molar-refractivity contribution in [3.8, 4) is 0 Å². The van der Waals surface area contributed by atoms with Crippen molar-refractivity contribution in [2.45, 2.75) is 50.0 Å². The maximum absolute atomic E-state index is 13.9. The zero-order chi connectivity index (χ0) is 20.1. The van der Waals surface area contributed by atoms with Gasteiger partial charge in [-0.15, -0.1) is 0 Å². The van der Waals surface area contributed by atoms with Gasteiger partial charge in [0.05, 0.1) is 6.04 Å². The van der Waals surface area contributed by atoms with Crippen molar-refractivity contribution >= 4 is 15.9 Å². The van der Waals surface area contributed by atoms with E-state index in [0.29, 0.717) is 19.0 Å². The molecule has 0 aromatic heterocycles. The van der Waals surface area contributed by atoms with Crippen LogP contribution in [0.2, 0.25) is 0 Å². The molecule has 28 heavy (non-hydrogen) atoms. The number of benzene rings is 1. The van der Waals surface area contributed by atoms with Crippen molar-refractivity contribution in [1.29, 1.82) is 0 Å². The number of nitrogens with zero attached hydrogens (tertiary/aromatic N) is 2. The van der Waals surface area contributed by atoms with E-state index in [1.165, 1.54) is 54.6 Å². The molecule has 0 radical (unpaired) electrons. The van der Waals surface area contributed by atoms with Crippen LogP contribution in [0, 0.1) is 11.7 Å². The number of carbonyl (C=O) groups excluding carboxylic acids is 1. The molecule has 2 fully saturated rings. The van der Waals surface area contributed by atoms with Crippen LogP contribution in [0.4, 0.5) is 4.39 Å². The van der Waals surface area contributed by atoms with Gasteiger partial charge in [-0.25, -0.2) is 12.8 Å². The number of carbonyl (C=O) groups is 1. The third kappa shape index (κ3) is 4.90. The number of halogens is 1. The Morgan fingerprint density at radius 2 is 1.79 bits per heavy atom. The van der Waals surface area contributed by atoms with Crippen LogP contribution in [0.3, 0.4) is 0 Å². The maximum atomic E-state index is 13.9. The van der Waals surface area contributed by atoms with E-state index in [4.69, 9.17) is 0 Å². The molecule has 1 heterocycles. The van der Waals surface area contributed by atoms with Crippen LogP contribution in [0.15, 0.2) is 29.2 Å². The van der Waals surface area contributed by atoms with Gasteiger partial charge in [0, 0.05) is 32.7 Å². The number of rotatable bonds is 6. The molecular formula is C20H30FN3O3S. The summed E-state index contributed by atoms with van der Waals surface area (Å²) in [5.41, 5.74) is 0. The highest BCUT2D eigenvalue weighted by Gasteiger charge is 2.33. The van der Waals surface area contributed by atoms with Crippen molar-refractivity contribution in [3.63, 3.8) is 0 Å². The van der Waals surface area contributed by atoms with Crippen molar-refractivity contribution in [1.82, 2.24) is 14.5 Å². The lowest BCUT2D eigenvalue weighted by atomic mass is 9.89. The summed E-state index contributed by atoms with van der Waals surface area (Å²) in [4.78, 5) is 14.2. The molecule has 1 saturated heterocycles. The summed E-state index contributed by atoms with van der Waals surface area (Å²) in [5, 5.41) is 3.06. The van der Waals surface area contributed by atoms with Crippen LogP contribution >= 0.6 is 0 Å². The van der Waals surface area contributed by atoms with E-state index in [0.717, 1.165) is 12.6 Å². The summed E-state index contributed by atoms with van der Waals surface area (Å²) in [6, 6.07) is 5.13. The monoisotopic (exact) mass is 411 g/mol. The summed E-state index contributed by atoms with van der Waals surface area (Å²) < 4.78 is 40.6. The van der Waals surface area contributed by atoms with E-state index in [1.807, 2.05) is 11.8 Å². The number of nitrogens with one attached hydrogen (secondary N) is 1. The minimum atomic E-state index is -3.86. The topological polar surface area (TPSA) is 69.7 Å². The first kappa shape index (κ1) is 21.2. The number of hydrogen-bond acceptors (Lipinski definition) is 4. The zero-order valence-electron chi connectivity index (χ0n) is 16.4. The maximum Gasteiger partial charge on any atom is 0.246 e. The molecule has 1 aliphatic heterocycles. The average Bonchev–Trinajstić information content (AvgIpc) is 2.72. The van der Waals surface area contributed by atoms with Crippen LogP contribution < -0.4 is 5.32 Å². The van der Waals surface area contributed by atoms with Crippen LogP contribution in [0.1, 0.15) is 39.0 Å². The Kier molecular flexibility index (Phi) is 7.06. The molecule has 3 rings (SSSR count). The lowest BCUT2D eigenvalue weighted by Gasteiger charge is -2.37. The molecule has 1 amide bonds. The highest BCUT2D eigenvalue weighted by molar-refractivity contribution is 7.89. The normalized spacial score (nSPS) is 21.4. The van der Waals surface area contributed by atoms with E-state index in [-0.39, 0.29) is 29.9 Å². The molecule has 1 aromatic carbocycles. The molecule has 0 bridgehead atoms. The van der Waals surface area contributed by atoms with Gasteiger partial charge in [-0.1, -0.05) is 31.4 Å². The van der Waals surface area contributed by atoms with Crippen LogP contribution in [0.5, 0.6) is 0 Å². The standard InChI is InChI=1S/C20H30FN3O3S/c1-16(20(25)22-15-17-7-3-2-4-8-17)23-11-13-24(14-12-23)28(26,27)19-10-6-5-9-18(19)21/h5-6,9-10,16-17H,2-4,7-8,11-15H2,1H3,(H,22,25)/t16-/m1/s1. The second-order valence-electron chi connectivity index (χ2n) is 7.80. The predicted molar refractivity (Wildman–Crippen MR) is 106 cm³/mol. The fourth-order valence-corrected chi connectivity index (χ4v) is 5.56. The van der Waals surface area contributed by atoms with E-state index in [1.54, 1.807) is 0 Å². The molecule has 1 aromatic rings. The van der Waals surface area contributed by atoms with Crippen molar-refractivity contribution in [2.24, 2.45) is 5.92 Å². The first-order chi connectivity index (χ1) is 13.4. The van der Waals surface area contributed by atoms with E-state index in [2.05, 4.69) is 5.32 Å². The molecule has 0 unspecified atom stereocenters. The summed E-state index contributed by atoms with van der Waals surface area (Å²) in [6.45, 7) is 3.98. The Hall–Kier alpha value is -1.51. The summed E-state index contributed by atoms with van der Waals surface area (Å²) >= 11 is 0. The Labute approximate surface area is 167 Å². The van der Waals surface area contributed by atoms with Crippen molar-refractivity contribution in [3.05, 3.63) is 30.1 Å². The van der Waals surface area contributed by atoms with E-state index < -0.39 is 15.8 Å². The van der Waals surface area contributed by atoms with E-state index in [9.17, 15) is 17.6 Å². The van der Waals surface area contributed by atoms with Crippen LogP contribution in [-0.4, -0.2) is 62.3 Å². The second kappa shape index (κ2) is 9.33. The summed E-state index contributed by atoms with van der Waals surface area (Å²) in [5.74, 6) is -0.163. The largest absolute Gasteiger partial charge is 0.354 e. The molecule has 1 aliphatic carbocycles. The number of piperazine rings is 1. The van der Waals surface area contributed by atoms with Gasteiger partial charge in [-0.2, -0.15) is 4.31 Å². The first-order valence-corrected chi connectivity index (χ1v) is 11.6. The fourth-order valence-electron chi connectivity index (χ4n) is 4.07. The van der Waals surface area contributed by atoms with Gasteiger partial charge in [0.15, 0.2) is 0 Å². The first-order valence-electron chi connectivity index (χ1n) is 10.2. The van der Waals surface area contributed by atoms with Gasteiger partial charge in [-0.05, 0) is 37.8 Å². The second-order valence-corrected chi connectivity index (χ2v) is 9.70. The minimum absolute atomic E-state index is 0.00372. The summed E-state index contributed by atoms with van der Waals surface area (Å²) in [7, 11) is -3.86. The fraction of sp³-hybridized carbons (Fsp3) is 0.650. The Morgan fingerprint density at radius 1 is 1.14 bits per heavy atom. The zero-order valence-corrected chi connectivity index (χ0v) is 17.3. The molecule has 6 nitrogen and oxygen atoms in total. The predicted octanol–water partition coefficient (Wildman–Crippen LogP) is 2.22. The van der Waals surface area contributed by atoms with Gasteiger partial charge < -0.3 is 5.32 Å². The lowest BCUT2D eigenvalue weighted by Crippen LogP contribution is -2.55. The van der Waals surface area contributed by atoms with Gasteiger partial charge in [0.2, 0.25) is 15.9 Å². The average molecular weight is 412 g/mol. The van der Waals surface area contributed by atoms with Crippen LogP contribution in [-0.2, 0) is 14.8 Å². The molecule has 2 aliphatic rings. The SMILES string of the molecule is C[C@H](C(=O)NCC1CCCCC1)N1CCN(S(=O)(=O)c2ccccc2F)CC1. The molecule has 1 atom stereocenters. The van der Waals surface area contributed by atoms with Gasteiger partial charge in [0.25, 0.3) is 0 Å². The minimum Gasteiger partial charge on any atom is -0.354 e. The Morgan fingerprint density at radius 3 is 2.43 bits per heavy atom. The lowest BCUT2D eigenvalue weighted by molar-refractivity contribution is -0.126. The molecule has 156 valence electrons. The highest BCUT2D eigenvalue weighted by atomic mass is 32.2. The Balaban J connectivity index is 1.51.